The average molecular weight is 481 g/mol. The number of nitrogens with one attached hydrogen (secondary N) is 1. The maximum absolute atomic E-state index is 5.80. The van der Waals surface area contributed by atoms with Gasteiger partial charge in [-0.15, -0.1) is 24.0 Å². The maximum atomic E-state index is 5.80. The van der Waals surface area contributed by atoms with E-state index in [4.69, 9.17) is 9.47 Å². The Morgan fingerprint density at radius 1 is 1.11 bits per heavy atom. The van der Waals surface area contributed by atoms with Crippen molar-refractivity contribution < 1.29 is 9.47 Å². The standard InChI is InChI=1S/C21H27N3O2.HI/c1-22-21(23-20-15-19(20)16-7-5-4-6-8-16)24(2)13-14-26-18-11-9-17(25-3)10-12-18;/h4-12,19-20H,13-15H2,1-3H3,(H,22,23);1H. The summed E-state index contributed by atoms with van der Waals surface area (Å²) in [6.45, 7) is 1.35. The molecule has 0 aromatic heterocycles. The molecule has 0 aliphatic heterocycles. The molecule has 1 aliphatic rings. The Labute approximate surface area is 178 Å². The third kappa shape index (κ3) is 6.02. The molecule has 146 valence electrons. The molecule has 0 amide bonds. The van der Waals surface area contributed by atoms with Gasteiger partial charge in [-0.05, 0) is 36.2 Å². The van der Waals surface area contributed by atoms with Crippen LogP contribution in [0.3, 0.4) is 0 Å². The molecule has 1 fully saturated rings. The largest absolute Gasteiger partial charge is 0.497 e. The van der Waals surface area contributed by atoms with Gasteiger partial charge in [0.15, 0.2) is 5.96 Å². The molecule has 0 radical (unpaired) electrons. The summed E-state index contributed by atoms with van der Waals surface area (Å²) in [6, 6.07) is 18.7. The number of rotatable bonds is 7. The molecule has 0 heterocycles. The van der Waals surface area contributed by atoms with Crippen molar-refractivity contribution in [2.45, 2.75) is 18.4 Å². The van der Waals surface area contributed by atoms with Crippen LogP contribution >= 0.6 is 24.0 Å². The highest BCUT2D eigenvalue weighted by molar-refractivity contribution is 14.0. The van der Waals surface area contributed by atoms with Gasteiger partial charge in [-0.25, -0.2) is 0 Å². The SMILES string of the molecule is CN=C(NC1CC1c1ccccc1)N(C)CCOc1ccc(OC)cc1.I. The second-order valence-corrected chi connectivity index (χ2v) is 6.50. The van der Waals surface area contributed by atoms with Gasteiger partial charge >= 0.3 is 0 Å². The van der Waals surface area contributed by atoms with Crippen molar-refractivity contribution >= 4 is 29.9 Å². The highest BCUT2D eigenvalue weighted by Gasteiger charge is 2.39. The van der Waals surface area contributed by atoms with Crippen molar-refractivity contribution in [3.63, 3.8) is 0 Å². The third-order valence-electron chi connectivity index (χ3n) is 4.66. The predicted molar refractivity (Wildman–Crippen MR) is 121 cm³/mol. The lowest BCUT2D eigenvalue weighted by atomic mass is 10.1. The molecular weight excluding hydrogens is 453 g/mol. The van der Waals surface area contributed by atoms with E-state index in [1.54, 1.807) is 7.11 Å². The van der Waals surface area contributed by atoms with Crippen LogP contribution in [0.15, 0.2) is 59.6 Å². The summed E-state index contributed by atoms with van der Waals surface area (Å²) in [4.78, 5) is 6.51. The molecule has 1 saturated carbocycles. The lowest BCUT2D eigenvalue weighted by Gasteiger charge is -2.22. The number of methoxy groups -OCH3 is 1. The lowest BCUT2D eigenvalue weighted by molar-refractivity contribution is 0.281. The highest BCUT2D eigenvalue weighted by atomic mass is 127. The van der Waals surface area contributed by atoms with Crippen molar-refractivity contribution in [2.24, 2.45) is 4.99 Å². The number of guanidine groups is 1. The summed E-state index contributed by atoms with van der Waals surface area (Å²) in [7, 11) is 5.52. The molecule has 3 rings (SSSR count). The van der Waals surface area contributed by atoms with E-state index < -0.39 is 0 Å². The van der Waals surface area contributed by atoms with Crippen LogP contribution in [0.4, 0.5) is 0 Å². The smallest absolute Gasteiger partial charge is 0.193 e. The predicted octanol–water partition coefficient (Wildman–Crippen LogP) is 3.76. The van der Waals surface area contributed by atoms with Crippen LogP contribution in [0.1, 0.15) is 17.9 Å². The van der Waals surface area contributed by atoms with E-state index in [1.807, 2.05) is 38.4 Å². The topological polar surface area (TPSA) is 46.1 Å². The Kier molecular flexibility index (Phi) is 8.22. The van der Waals surface area contributed by atoms with Gasteiger partial charge in [0.05, 0.1) is 13.7 Å². The van der Waals surface area contributed by atoms with Crippen molar-refractivity contribution in [3.05, 3.63) is 60.2 Å². The van der Waals surface area contributed by atoms with Gasteiger partial charge in [-0.1, -0.05) is 30.3 Å². The minimum Gasteiger partial charge on any atom is -0.497 e. The fourth-order valence-electron chi connectivity index (χ4n) is 3.01. The van der Waals surface area contributed by atoms with E-state index in [-0.39, 0.29) is 24.0 Å². The number of halogens is 1. The zero-order valence-corrected chi connectivity index (χ0v) is 18.4. The number of nitrogens with zero attached hydrogens (tertiary/aromatic N) is 2. The van der Waals surface area contributed by atoms with Crippen molar-refractivity contribution in [1.29, 1.82) is 0 Å². The van der Waals surface area contributed by atoms with Crippen molar-refractivity contribution in [2.75, 3.05) is 34.4 Å². The molecule has 0 saturated heterocycles. The molecule has 5 nitrogen and oxygen atoms in total. The zero-order chi connectivity index (χ0) is 18.4. The van der Waals surface area contributed by atoms with Crippen LogP contribution in [0.2, 0.25) is 0 Å². The quantitative estimate of drug-likeness (QED) is 0.372. The Balaban J connectivity index is 0.00000261. The first-order chi connectivity index (χ1) is 12.7. The molecular formula is C21H28IN3O2. The highest BCUT2D eigenvalue weighted by Crippen LogP contribution is 2.40. The van der Waals surface area contributed by atoms with E-state index in [2.05, 4.69) is 45.5 Å². The maximum Gasteiger partial charge on any atom is 0.193 e. The molecule has 2 unspecified atom stereocenters. The van der Waals surface area contributed by atoms with E-state index in [1.165, 1.54) is 5.56 Å². The third-order valence-corrected chi connectivity index (χ3v) is 4.66. The molecule has 1 N–H and O–H groups in total. The molecule has 27 heavy (non-hydrogen) atoms. The van der Waals surface area contributed by atoms with E-state index in [0.29, 0.717) is 18.6 Å². The second kappa shape index (κ2) is 10.4. The number of hydrogen-bond acceptors (Lipinski definition) is 3. The molecule has 0 spiro atoms. The van der Waals surface area contributed by atoms with Crippen LogP contribution in [0.25, 0.3) is 0 Å². The first-order valence-corrected chi connectivity index (χ1v) is 8.97. The zero-order valence-electron chi connectivity index (χ0n) is 16.1. The fraction of sp³-hybridized carbons (Fsp3) is 0.381. The summed E-state index contributed by atoms with van der Waals surface area (Å²) in [5, 5.41) is 3.56. The monoisotopic (exact) mass is 481 g/mol. The average Bonchev–Trinajstić information content (AvgIpc) is 3.46. The number of benzene rings is 2. The van der Waals surface area contributed by atoms with Crippen LogP contribution in [-0.4, -0.2) is 51.3 Å². The number of hydrogen-bond donors (Lipinski definition) is 1. The fourth-order valence-corrected chi connectivity index (χ4v) is 3.01. The summed E-state index contributed by atoms with van der Waals surface area (Å²) in [5.74, 6) is 3.16. The van der Waals surface area contributed by atoms with E-state index >= 15 is 0 Å². The van der Waals surface area contributed by atoms with Gasteiger partial charge in [0, 0.05) is 26.1 Å². The van der Waals surface area contributed by atoms with Crippen LogP contribution in [-0.2, 0) is 0 Å². The van der Waals surface area contributed by atoms with E-state index in [9.17, 15) is 0 Å². The van der Waals surface area contributed by atoms with Gasteiger partial charge in [0.1, 0.15) is 18.1 Å². The van der Waals surface area contributed by atoms with Crippen LogP contribution in [0.5, 0.6) is 11.5 Å². The van der Waals surface area contributed by atoms with Gasteiger partial charge in [0.25, 0.3) is 0 Å². The molecule has 2 aromatic carbocycles. The summed E-state index contributed by atoms with van der Waals surface area (Å²) in [6.07, 6.45) is 1.15. The van der Waals surface area contributed by atoms with Gasteiger partial charge in [-0.3, -0.25) is 4.99 Å². The van der Waals surface area contributed by atoms with Gasteiger partial charge in [-0.2, -0.15) is 0 Å². The van der Waals surface area contributed by atoms with Gasteiger partial charge < -0.3 is 19.7 Å². The normalized spacial score (nSPS) is 18.3. The van der Waals surface area contributed by atoms with Crippen LogP contribution < -0.4 is 14.8 Å². The first kappa shape index (κ1) is 21.3. The molecule has 2 atom stereocenters. The molecule has 6 heteroatoms. The molecule has 0 bridgehead atoms. The lowest BCUT2D eigenvalue weighted by Crippen LogP contribution is -2.42. The number of ether oxygens (including phenoxy) is 2. The van der Waals surface area contributed by atoms with Crippen LogP contribution in [0, 0.1) is 0 Å². The molecule has 1 aliphatic carbocycles. The summed E-state index contributed by atoms with van der Waals surface area (Å²) >= 11 is 0. The van der Waals surface area contributed by atoms with Gasteiger partial charge in [0.2, 0.25) is 0 Å². The second-order valence-electron chi connectivity index (χ2n) is 6.50. The summed E-state index contributed by atoms with van der Waals surface area (Å²) in [5.41, 5.74) is 1.39. The Morgan fingerprint density at radius 3 is 2.41 bits per heavy atom. The van der Waals surface area contributed by atoms with Crippen molar-refractivity contribution in [1.82, 2.24) is 10.2 Å². The molecule has 2 aromatic rings. The van der Waals surface area contributed by atoms with Crippen molar-refractivity contribution in [3.8, 4) is 11.5 Å². The van der Waals surface area contributed by atoms with E-state index in [0.717, 1.165) is 30.4 Å². The summed E-state index contributed by atoms with van der Waals surface area (Å²) < 4.78 is 11.0. The first-order valence-electron chi connectivity index (χ1n) is 8.97. The Bertz CT molecular complexity index is 722. The number of likely N-dealkylation sites (N-methyl/N-ethyl adjacent to an activating group) is 1. The Hall–Kier alpha value is -1.96. The minimum atomic E-state index is 0. The number of aliphatic imine (C=N–C) groups is 1. The Morgan fingerprint density at radius 2 is 1.78 bits per heavy atom. The minimum absolute atomic E-state index is 0.